The largest absolute Gasteiger partial charge is 0.370 e. The van der Waals surface area contributed by atoms with E-state index in [4.69, 9.17) is 22.9 Å². The van der Waals surface area contributed by atoms with Gasteiger partial charge < -0.3 is 44.2 Å². The first-order chi connectivity index (χ1) is 21.0. The number of hydrogen-bond acceptors (Lipinski definition) is 8. The lowest BCUT2D eigenvalue weighted by atomic mass is 9.99. The number of nitrogens with zero attached hydrogens (tertiary/aromatic N) is 1. The molecule has 2 aromatic carbocycles. The molecule has 0 bridgehead atoms. The Morgan fingerprint density at radius 1 is 0.750 bits per heavy atom. The van der Waals surface area contributed by atoms with Gasteiger partial charge in [0.15, 0.2) is 11.7 Å². The van der Waals surface area contributed by atoms with E-state index in [1.54, 1.807) is 48.5 Å². The fourth-order valence-corrected chi connectivity index (χ4v) is 4.37. The lowest BCUT2D eigenvalue weighted by Crippen LogP contribution is -2.56. The molecular formula is C30H43N9O5. The number of guanidine groups is 1. The van der Waals surface area contributed by atoms with Crippen molar-refractivity contribution in [3.63, 3.8) is 0 Å². The number of rotatable bonds is 19. The molecular weight excluding hydrogens is 566 g/mol. The molecule has 4 amide bonds. The molecule has 2 aromatic rings. The Bertz CT molecular complexity index is 1280. The second-order valence-corrected chi connectivity index (χ2v) is 10.2. The number of amides is 4. The summed E-state index contributed by atoms with van der Waals surface area (Å²) in [7, 11) is 0. The van der Waals surface area contributed by atoms with Gasteiger partial charge in [-0.05, 0) is 37.8 Å². The van der Waals surface area contributed by atoms with E-state index >= 15 is 0 Å². The molecule has 0 fully saturated rings. The molecule has 0 spiro atoms. The maximum atomic E-state index is 13.4. The monoisotopic (exact) mass is 609 g/mol. The molecule has 14 nitrogen and oxygen atoms in total. The van der Waals surface area contributed by atoms with Crippen molar-refractivity contribution in [2.45, 2.75) is 57.2 Å². The van der Waals surface area contributed by atoms with Gasteiger partial charge in [0.1, 0.15) is 18.1 Å². The van der Waals surface area contributed by atoms with Gasteiger partial charge in [-0.2, -0.15) is 0 Å². The molecule has 238 valence electrons. The van der Waals surface area contributed by atoms with Crippen LogP contribution in [0.4, 0.5) is 0 Å². The fourth-order valence-electron chi connectivity index (χ4n) is 4.37. The summed E-state index contributed by atoms with van der Waals surface area (Å²) in [4.78, 5) is 67.3. The molecule has 14 heteroatoms. The second-order valence-electron chi connectivity index (χ2n) is 10.2. The number of primary amides is 1. The first kappa shape index (κ1) is 35.4. The van der Waals surface area contributed by atoms with Gasteiger partial charge in [0, 0.05) is 37.7 Å². The van der Waals surface area contributed by atoms with Crippen molar-refractivity contribution in [2.75, 3.05) is 19.8 Å². The molecule has 3 atom stereocenters. The van der Waals surface area contributed by atoms with Crippen molar-refractivity contribution >= 4 is 35.4 Å². The van der Waals surface area contributed by atoms with Gasteiger partial charge in [0.2, 0.25) is 23.6 Å². The van der Waals surface area contributed by atoms with E-state index in [0.717, 1.165) is 0 Å². The van der Waals surface area contributed by atoms with Gasteiger partial charge in [-0.25, -0.2) is 0 Å². The number of ketones is 1. The molecule has 0 radical (unpaired) electrons. The average Bonchev–Trinajstić information content (AvgIpc) is 2.99. The number of aliphatic imine (C=N–C) groups is 1. The van der Waals surface area contributed by atoms with Crippen LogP contribution < -0.4 is 44.2 Å². The Morgan fingerprint density at radius 2 is 1.32 bits per heavy atom. The van der Waals surface area contributed by atoms with E-state index < -0.39 is 41.8 Å². The maximum Gasteiger partial charge on any atom is 0.243 e. The van der Waals surface area contributed by atoms with Crippen molar-refractivity contribution < 1.29 is 24.0 Å². The third-order valence-corrected chi connectivity index (χ3v) is 6.61. The van der Waals surface area contributed by atoms with Crippen molar-refractivity contribution in [1.82, 2.24) is 21.3 Å². The van der Waals surface area contributed by atoms with Crippen LogP contribution in [-0.2, 0) is 25.6 Å². The normalized spacial score (nSPS) is 12.7. The molecule has 0 aliphatic rings. The topological polar surface area (TPSA) is 250 Å². The fraction of sp³-hybridized carbons (Fsp3) is 0.400. The summed E-state index contributed by atoms with van der Waals surface area (Å²) in [5, 5.41) is 10.9. The van der Waals surface area contributed by atoms with Gasteiger partial charge >= 0.3 is 0 Å². The number of nitrogens with two attached hydrogens (primary N) is 4. The Balaban J connectivity index is 2.15. The van der Waals surface area contributed by atoms with E-state index in [1.165, 1.54) is 6.92 Å². The minimum absolute atomic E-state index is 0.0538. The summed E-state index contributed by atoms with van der Waals surface area (Å²) in [5.74, 6) is -2.66. The molecule has 0 saturated heterocycles. The van der Waals surface area contributed by atoms with Gasteiger partial charge in [0.25, 0.3) is 0 Å². The number of nitrogens with one attached hydrogen (secondary N) is 4. The van der Waals surface area contributed by atoms with Crippen molar-refractivity contribution in [3.05, 3.63) is 71.3 Å². The SMILES string of the molecule is CC(=O)N[C@H](CCCNCN)C(=O)N[C@@H](CCCN=C(N)N)C(=O)N[C@@H](Cc1ccc(C(=O)c2ccccc2)cc1)C(N)=O. The quantitative estimate of drug-likeness (QED) is 0.0311. The van der Waals surface area contributed by atoms with Gasteiger partial charge in [-0.3, -0.25) is 29.0 Å². The number of hydrogen-bond donors (Lipinski definition) is 8. The zero-order valence-electron chi connectivity index (χ0n) is 24.9. The summed E-state index contributed by atoms with van der Waals surface area (Å²) >= 11 is 0. The van der Waals surface area contributed by atoms with Crippen LogP contribution in [0.2, 0.25) is 0 Å². The number of benzene rings is 2. The van der Waals surface area contributed by atoms with E-state index in [9.17, 15) is 24.0 Å². The summed E-state index contributed by atoms with van der Waals surface area (Å²) in [6, 6.07) is 12.4. The Morgan fingerprint density at radius 3 is 1.89 bits per heavy atom. The second kappa shape index (κ2) is 18.7. The highest BCUT2D eigenvalue weighted by Gasteiger charge is 2.28. The highest BCUT2D eigenvalue weighted by molar-refractivity contribution is 6.09. The Kier molecular flexibility index (Phi) is 15.0. The first-order valence-corrected chi connectivity index (χ1v) is 14.3. The summed E-state index contributed by atoms with van der Waals surface area (Å²) in [6.07, 6.45) is 1.36. The highest BCUT2D eigenvalue weighted by Crippen LogP contribution is 2.13. The van der Waals surface area contributed by atoms with Crippen LogP contribution in [-0.4, -0.2) is 73.3 Å². The average molecular weight is 610 g/mol. The summed E-state index contributed by atoms with van der Waals surface area (Å²) in [6.45, 7) is 2.30. The molecule has 0 heterocycles. The van der Waals surface area contributed by atoms with Gasteiger partial charge in [-0.15, -0.1) is 0 Å². The Hall–Kier alpha value is -4.82. The Labute approximate surface area is 256 Å². The van der Waals surface area contributed by atoms with Crippen molar-refractivity contribution in [2.24, 2.45) is 27.9 Å². The van der Waals surface area contributed by atoms with Crippen LogP contribution in [0.5, 0.6) is 0 Å². The maximum absolute atomic E-state index is 13.4. The van der Waals surface area contributed by atoms with Gasteiger partial charge in [-0.1, -0.05) is 54.6 Å². The zero-order valence-corrected chi connectivity index (χ0v) is 24.9. The molecule has 0 aliphatic carbocycles. The first-order valence-electron chi connectivity index (χ1n) is 14.3. The number of carbonyl (C=O) groups is 5. The van der Waals surface area contributed by atoms with Crippen LogP contribution in [0.3, 0.4) is 0 Å². The van der Waals surface area contributed by atoms with Crippen molar-refractivity contribution in [3.8, 4) is 0 Å². The standard InChI is InChI=1S/C30H43N9O5/c1-19(40)37-23(9-5-15-35-18-31)28(43)38-24(10-6-16-36-30(33)34)29(44)39-25(27(32)42)17-20-11-13-22(14-12-20)26(41)21-7-3-2-4-8-21/h2-4,7-8,11-14,23-25,35H,5-6,9-10,15-18,31H2,1H3,(H2,32,42)(H,37,40)(H,38,43)(H,39,44)(H4,33,34,36)/t23-,24+,25+/m1/s1. The van der Waals surface area contributed by atoms with E-state index in [2.05, 4.69) is 26.3 Å². The minimum Gasteiger partial charge on any atom is -0.370 e. The zero-order chi connectivity index (χ0) is 32.5. The minimum atomic E-state index is -1.11. The molecule has 0 saturated carbocycles. The molecule has 2 rings (SSSR count). The smallest absolute Gasteiger partial charge is 0.243 e. The van der Waals surface area contributed by atoms with Crippen LogP contribution in [0.25, 0.3) is 0 Å². The van der Waals surface area contributed by atoms with Crippen molar-refractivity contribution in [1.29, 1.82) is 0 Å². The lowest BCUT2D eigenvalue weighted by molar-refractivity contribution is -0.133. The lowest BCUT2D eigenvalue weighted by Gasteiger charge is -2.25. The van der Waals surface area contributed by atoms with Crippen LogP contribution in [0, 0.1) is 0 Å². The molecule has 0 unspecified atom stereocenters. The van der Waals surface area contributed by atoms with Crippen LogP contribution in [0.1, 0.15) is 54.1 Å². The van der Waals surface area contributed by atoms with E-state index in [1.807, 2.05) is 6.07 Å². The summed E-state index contributed by atoms with van der Waals surface area (Å²) < 4.78 is 0. The number of carbonyl (C=O) groups excluding carboxylic acids is 5. The highest BCUT2D eigenvalue weighted by atomic mass is 16.2. The molecule has 0 aromatic heterocycles. The molecule has 0 aliphatic heterocycles. The molecule has 44 heavy (non-hydrogen) atoms. The summed E-state index contributed by atoms with van der Waals surface area (Å²) in [5.41, 5.74) is 23.5. The van der Waals surface area contributed by atoms with E-state index in [-0.39, 0.29) is 37.8 Å². The third kappa shape index (κ3) is 12.6. The van der Waals surface area contributed by atoms with Crippen LogP contribution >= 0.6 is 0 Å². The third-order valence-electron chi connectivity index (χ3n) is 6.61. The van der Waals surface area contributed by atoms with E-state index in [0.29, 0.717) is 42.5 Å². The van der Waals surface area contributed by atoms with Crippen LogP contribution in [0.15, 0.2) is 59.6 Å². The molecule has 12 N–H and O–H groups in total. The predicted octanol–water partition coefficient (Wildman–Crippen LogP) is -1.24. The van der Waals surface area contributed by atoms with Gasteiger partial charge in [0.05, 0.1) is 0 Å². The predicted molar refractivity (Wildman–Crippen MR) is 167 cm³/mol.